The average Bonchev–Trinajstić information content (AvgIpc) is 3.15. The van der Waals surface area contributed by atoms with Crippen molar-refractivity contribution in [3.8, 4) is 17.1 Å². The lowest BCUT2D eigenvalue weighted by Gasteiger charge is -1.99. The fraction of sp³-hybridized carbons (Fsp3) is 0.0556. The number of hydrogen-bond acceptors (Lipinski definition) is 5. The number of hydrogen-bond donors (Lipinski definition) is 3. The Bertz CT molecular complexity index is 1190. The number of halogens is 1. The van der Waals surface area contributed by atoms with Crippen molar-refractivity contribution in [1.29, 1.82) is 0 Å². The van der Waals surface area contributed by atoms with Crippen molar-refractivity contribution in [2.45, 2.75) is 0 Å². The molecule has 4 rings (SSSR count). The second-order valence-corrected chi connectivity index (χ2v) is 6.65. The van der Waals surface area contributed by atoms with Gasteiger partial charge in [0.2, 0.25) is 0 Å². The zero-order valence-corrected chi connectivity index (χ0v) is 15.0. The number of fused-ring (bicyclic) bond motifs is 2. The zero-order chi connectivity index (χ0) is 18.4. The monoisotopic (exact) mass is 413 g/mol. The Kier molecular flexibility index (Phi) is 3.77. The molecule has 130 valence electrons. The van der Waals surface area contributed by atoms with Gasteiger partial charge in [0, 0.05) is 20.8 Å². The van der Waals surface area contributed by atoms with E-state index in [0.29, 0.717) is 33.2 Å². The summed E-state index contributed by atoms with van der Waals surface area (Å²) in [6.07, 6.45) is 0. The molecule has 3 N–H and O–H groups in total. The van der Waals surface area contributed by atoms with Gasteiger partial charge in [0.15, 0.2) is 5.88 Å². The Morgan fingerprint density at radius 3 is 2.58 bits per heavy atom. The van der Waals surface area contributed by atoms with Crippen molar-refractivity contribution in [1.82, 2.24) is 9.97 Å². The minimum atomic E-state index is -0.483. The first-order chi connectivity index (χ1) is 12.5. The van der Waals surface area contributed by atoms with Crippen LogP contribution in [0.3, 0.4) is 0 Å². The number of esters is 1. The maximum atomic E-state index is 11.7. The summed E-state index contributed by atoms with van der Waals surface area (Å²) in [7, 11) is 1.30. The van der Waals surface area contributed by atoms with E-state index in [2.05, 4.69) is 31.1 Å². The maximum Gasteiger partial charge on any atom is 0.337 e. The molecule has 0 radical (unpaired) electrons. The van der Waals surface area contributed by atoms with Gasteiger partial charge >= 0.3 is 5.97 Å². The molecule has 4 aromatic rings. The third-order valence-corrected chi connectivity index (χ3v) is 4.77. The molecular weight excluding hydrogens is 402 g/mol. The number of aromatic amines is 2. The van der Waals surface area contributed by atoms with Crippen LogP contribution >= 0.6 is 15.9 Å². The second kappa shape index (κ2) is 5.99. The van der Waals surface area contributed by atoms with E-state index >= 15 is 0 Å². The number of nitroso groups, excluding NO2 is 1. The number of rotatable bonds is 3. The average molecular weight is 414 g/mol. The molecular formula is C18H12BrN3O4. The van der Waals surface area contributed by atoms with E-state index in [0.717, 1.165) is 9.86 Å². The number of nitrogens with one attached hydrogen (secondary N) is 2. The highest BCUT2D eigenvalue weighted by molar-refractivity contribution is 9.10. The Labute approximate surface area is 155 Å². The first-order valence-electron chi connectivity index (χ1n) is 7.61. The fourth-order valence-electron chi connectivity index (χ4n) is 3.11. The standard InChI is InChI=1S/C18H12BrN3O4/c1-26-18(24)8-2-4-11-12(6-8)20-16(15(11)22-25)14-10-5-3-9(19)7-13(10)21-17(14)23/h2-7,20-21,23H,1H3. The predicted molar refractivity (Wildman–Crippen MR) is 102 cm³/mol. The van der Waals surface area contributed by atoms with Crippen LogP contribution in [0.25, 0.3) is 33.1 Å². The summed E-state index contributed by atoms with van der Waals surface area (Å²) in [5, 5.41) is 14.8. The highest BCUT2D eigenvalue weighted by Crippen LogP contribution is 2.44. The zero-order valence-electron chi connectivity index (χ0n) is 13.5. The number of benzene rings is 2. The predicted octanol–water partition coefficient (Wildman–Crippen LogP) is 4.97. The van der Waals surface area contributed by atoms with Gasteiger partial charge in [-0.3, -0.25) is 0 Å². The van der Waals surface area contributed by atoms with E-state index in [4.69, 9.17) is 4.74 Å². The molecule has 2 aromatic heterocycles. The van der Waals surface area contributed by atoms with E-state index in [1.165, 1.54) is 7.11 Å². The van der Waals surface area contributed by atoms with Gasteiger partial charge in [-0.15, -0.1) is 4.91 Å². The summed E-state index contributed by atoms with van der Waals surface area (Å²) in [5.74, 6) is -0.564. The third-order valence-electron chi connectivity index (χ3n) is 4.27. The number of ether oxygens (including phenoxy) is 1. The Hall–Kier alpha value is -3.13. The lowest BCUT2D eigenvalue weighted by molar-refractivity contribution is 0.0601. The Morgan fingerprint density at radius 2 is 1.85 bits per heavy atom. The smallest absolute Gasteiger partial charge is 0.337 e. The topological polar surface area (TPSA) is 108 Å². The molecule has 0 saturated heterocycles. The van der Waals surface area contributed by atoms with Crippen molar-refractivity contribution in [3.05, 3.63) is 51.3 Å². The van der Waals surface area contributed by atoms with Gasteiger partial charge in [0.05, 0.1) is 29.4 Å². The van der Waals surface area contributed by atoms with Crippen LogP contribution < -0.4 is 0 Å². The molecule has 0 spiro atoms. The van der Waals surface area contributed by atoms with Crippen LogP contribution in [0.4, 0.5) is 5.69 Å². The molecule has 26 heavy (non-hydrogen) atoms. The van der Waals surface area contributed by atoms with Crippen LogP contribution in [0.15, 0.2) is 46.0 Å². The molecule has 0 fully saturated rings. The molecule has 2 aromatic carbocycles. The number of H-pyrrole nitrogens is 2. The summed E-state index contributed by atoms with van der Waals surface area (Å²) in [4.78, 5) is 29.2. The molecule has 0 unspecified atom stereocenters. The molecule has 0 bridgehead atoms. The van der Waals surface area contributed by atoms with Gasteiger partial charge in [-0.2, -0.15) is 0 Å². The maximum absolute atomic E-state index is 11.7. The molecule has 0 saturated carbocycles. The molecule has 0 atom stereocenters. The second-order valence-electron chi connectivity index (χ2n) is 5.73. The van der Waals surface area contributed by atoms with Crippen molar-refractivity contribution in [2.24, 2.45) is 5.18 Å². The fourth-order valence-corrected chi connectivity index (χ4v) is 3.47. The quantitative estimate of drug-likeness (QED) is 0.325. The van der Waals surface area contributed by atoms with Gasteiger partial charge < -0.3 is 19.8 Å². The summed E-state index contributed by atoms with van der Waals surface area (Å²) in [6.45, 7) is 0. The Morgan fingerprint density at radius 1 is 1.12 bits per heavy atom. The van der Waals surface area contributed by atoms with Gasteiger partial charge in [-0.05, 0) is 35.5 Å². The summed E-state index contributed by atoms with van der Waals surface area (Å²) in [5.41, 5.74) is 2.58. The molecule has 2 heterocycles. The van der Waals surface area contributed by atoms with Gasteiger partial charge in [-0.1, -0.05) is 22.0 Å². The minimum Gasteiger partial charge on any atom is -0.494 e. The normalized spacial score (nSPS) is 11.2. The molecule has 0 aliphatic rings. The van der Waals surface area contributed by atoms with Crippen molar-refractivity contribution >= 4 is 49.4 Å². The lowest BCUT2D eigenvalue weighted by Crippen LogP contribution is -2.00. The van der Waals surface area contributed by atoms with E-state index < -0.39 is 5.97 Å². The number of methoxy groups -OCH3 is 1. The van der Waals surface area contributed by atoms with Crippen LogP contribution in [0.5, 0.6) is 5.88 Å². The SMILES string of the molecule is COC(=O)c1ccc2c(N=O)c(-c3c(O)[nH]c4cc(Br)ccc34)[nH]c2c1. The minimum absolute atomic E-state index is 0.0808. The number of carbonyl (C=O) groups excluding carboxylic acids is 1. The molecule has 7 nitrogen and oxygen atoms in total. The third kappa shape index (κ3) is 2.38. The van der Waals surface area contributed by atoms with E-state index in [9.17, 15) is 14.8 Å². The molecule has 0 amide bonds. The highest BCUT2D eigenvalue weighted by atomic mass is 79.9. The number of carbonyl (C=O) groups is 1. The van der Waals surface area contributed by atoms with E-state index in [1.54, 1.807) is 18.2 Å². The van der Waals surface area contributed by atoms with Gasteiger partial charge in [-0.25, -0.2) is 4.79 Å². The molecule has 0 aliphatic heterocycles. The van der Waals surface area contributed by atoms with Crippen molar-refractivity contribution < 1.29 is 14.6 Å². The largest absolute Gasteiger partial charge is 0.494 e. The number of aromatic nitrogens is 2. The first-order valence-corrected chi connectivity index (χ1v) is 8.40. The van der Waals surface area contributed by atoms with Gasteiger partial charge in [0.1, 0.15) is 5.69 Å². The van der Waals surface area contributed by atoms with Crippen LogP contribution in [-0.4, -0.2) is 28.2 Å². The lowest BCUT2D eigenvalue weighted by atomic mass is 10.1. The van der Waals surface area contributed by atoms with Crippen LogP contribution in [0.1, 0.15) is 10.4 Å². The summed E-state index contributed by atoms with van der Waals surface area (Å²) >= 11 is 3.39. The van der Waals surface area contributed by atoms with Crippen LogP contribution in [-0.2, 0) is 4.74 Å². The van der Waals surface area contributed by atoms with Gasteiger partial charge in [0.25, 0.3) is 0 Å². The summed E-state index contributed by atoms with van der Waals surface area (Å²) < 4.78 is 5.57. The summed E-state index contributed by atoms with van der Waals surface area (Å²) in [6, 6.07) is 10.3. The Balaban J connectivity index is 2.01. The number of aromatic hydroxyl groups is 1. The molecule has 0 aliphatic carbocycles. The number of nitrogens with zero attached hydrogens (tertiary/aromatic N) is 1. The first kappa shape index (κ1) is 16.3. The highest BCUT2D eigenvalue weighted by Gasteiger charge is 2.22. The molecule has 8 heteroatoms. The van der Waals surface area contributed by atoms with Crippen LogP contribution in [0, 0.1) is 4.91 Å². The van der Waals surface area contributed by atoms with Crippen molar-refractivity contribution in [3.63, 3.8) is 0 Å². The van der Waals surface area contributed by atoms with Crippen molar-refractivity contribution in [2.75, 3.05) is 7.11 Å². The van der Waals surface area contributed by atoms with E-state index in [1.807, 2.05) is 18.2 Å². The van der Waals surface area contributed by atoms with Crippen LogP contribution in [0.2, 0.25) is 0 Å². The van der Waals surface area contributed by atoms with E-state index in [-0.39, 0.29) is 11.6 Å².